The van der Waals surface area contributed by atoms with Gasteiger partial charge in [-0.05, 0) is 53.5 Å². The van der Waals surface area contributed by atoms with E-state index in [0.717, 1.165) is 10.8 Å². The predicted molar refractivity (Wildman–Crippen MR) is 131 cm³/mol. The zero-order chi connectivity index (χ0) is 23.5. The number of hydrogen-bond acceptors (Lipinski definition) is 6. The molecule has 180 valence electrons. The largest absolute Gasteiger partial charge is 0.536 e. The van der Waals surface area contributed by atoms with E-state index in [1.165, 1.54) is 0 Å². The van der Waals surface area contributed by atoms with Crippen molar-refractivity contribution in [1.82, 2.24) is 0 Å². The molecule has 0 heterocycles. The summed E-state index contributed by atoms with van der Waals surface area (Å²) in [5.41, 5.74) is 1.12. The van der Waals surface area contributed by atoms with Gasteiger partial charge in [0.05, 0.1) is 5.04 Å². The van der Waals surface area contributed by atoms with E-state index in [0.29, 0.717) is 46.1 Å². The summed E-state index contributed by atoms with van der Waals surface area (Å²) in [6.45, 7) is 15.0. The van der Waals surface area contributed by atoms with Gasteiger partial charge >= 0.3 is 17.6 Å². The van der Waals surface area contributed by atoms with Crippen LogP contribution in [0, 0.1) is 0 Å². The fraction of sp³-hybridized carbons (Fsp3) is 0.583. The molecule has 0 saturated carbocycles. The van der Waals surface area contributed by atoms with Crippen LogP contribution in [0.3, 0.4) is 0 Å². The molecule has 1 aromatic carbocycles. The quantitative estimate of drug-likeness (QED) is 0.330. The van der Waals surface area contributed by atoms with Gasteiger partial charge in [-0.25, -0.2) is 0 Å². The van der Waals surface area contributed by atoms with Crippen molar-refractivity contribution in [1.29, 1.82) is 0 Å². The van der Waals surface area contributed by atoms with Crippen molar-refractivity contribution in [3.05, 3.63) is 59.3 Å². The van der Waals surface area contributed by atoms with Gasteiger partial charge in [0.25, 0.3) is 0 Å². The van der Waals surface area contributed by atoms with Crippen LogP contribution in [-0.2, 0) is 31.6 Å². The Bertz CT molecular complexity index is 705. The van der Waals surface area contributed by atoms with Gasteiger partial charge in [-0.1, -0.05) is 48.6 Å². The van der Waals surface area contributed by atoms with Crippen LogP contribution in [0.15, 0.2) is 53.8 Å². The fourth-order valence-corrected chi connectivity index (χ4v) is 10.1. The van der Waals surface area contributed by atoms with Gasteiger partial charge in [-0.3, -0.25) is 0 Å². The van der Waals surface area contributed by atoms with Gasteiger partial charge in [0, 0.05) is 44.8 Å². The Hall–Kier alpha value is -1.11. The van der Waals surface area contributed by atoms with Crippen LogP contribution in [0.2, 0.25) is 0 Å². The van der Waals surface area contributed by atoms with Crippen LogP contribution in [0.5, 0.6) is 0 Å². The molecule has 0 aromatic heterocycles. The standard InChI is InChI=1S/C24H40O6Si2/c1-7-25-31(26-8-2,27-9-3)23-18-20-24(21-19-23,22-16-14-13-15-17-22)32(28-10-4,29-11-5)30-12-6/h13-20H,7-12,21H2,1-6H3. The van der Waals surface area contributed by atoms with E-state index in [-0.39, 0.29) is 0 Å². The Morgan fingerprint density at radius 3 is 1.53 bits per heavy atom. The van der Waals surface area contributed by atoms with E-state index in [9.17, 15) is 0 Å². The SMILES string of the molecule is CCO[Si](OCC)(OCC)C1=CCC(c2ccccc2)([Si](OCC)(OCC)OCC)C=C1. The lowest BCUT2D eigenvalue weighted by Crippen LogP contribution is -2.63. The van der Waals surface area contributed by atoms with Crippen LogP contribution >= 0.6 is 0 Å². The van der Waals surface area contributed by atoms with Crippen molar-refractivity contribution in [3.8, 4) is 0 Å². The fourth-order valence-electron chi connectivity index (χ4n) is 4.25. The second-order valence-corrected chi connectivity index (χ2v) is 12.7. The van der Waals surface area contributed by atoms with Crippen molar-refractivity contribution in [2.75, 3.05) is 39.6 Å². The molecule has 1 atom stereocenters. The topological polar surface area (TPSA) is 55.4 Å². The summed E-state index contributed by atoms with van der Waals surface area (Å²) in [6, 6.07) is 10.4. The van der Waals surface area contributed by atoms with Crippen LogP contribution < -0.4 is 0 Å². The summed E-state index contributed by atoms with van der Waals surface area (Å²) >= 11 is 0. The van der Waals surface area contributed by atoms with Crippen molar-refractivity contribution in [2.24, 2.45) is 0 Å². The average molecular weight is 481 g/mol. The second kappa shape index (κ2) is 13.0. The maximum atomic E-state index is 6.40. The first-order valence-corrected chi connectivity index (χ1v) is 15.3. The van der Waals surface area contributed by atoms with E-state index < -0.39 is 22.6 Å². The number of allylic oxidation sites excluding steroid dienone is 4. The first-order chi connectivity index (χ1) is 15.5. The number of rotatable bonds is 15. The molecule has 0 radical (unpaired) electrons. The Morgan fingerprint density at radius 1 is 0.688 bits per heavy atom. The lowest BCUT2D eigenvalue weighted by molar-refractivity contribution is 0.0507. The lowest BCUT2D eigenvalue weighted by Gasteiger charge is -2.45. The molecule has 0 bridgehead atoms. The van der Waals surface area contributed by atoms with E-state index in [1.54, 1.807) is 0 Å². The molecular formula is C24H40O6Si2. The van der Waals surface area contributed by atoms with Crippen molar-refractivity contribution in [2.45, 2.75) is 53.0 Å². The lowest BCUT2D eigenvalue weighted by atomic mass is 9.91. The van der Waals surface area contributed by atoms with Crippen LogP contribution in [-0.4, -0.2) is 57.3 Å². The summed E-state index contributed by atoms with van der Waals surface area (Å²) in [7, 11) is -6.17. The Balaban J connectivity index is 2.62. The summed E-state index contributed by atoms with van der Waals surface area (Å²) in [4.78, 5) is 0. The van der Waals surface area contributed by atoms with Crippen molar-refractivity contribution in [3.63, 3.8) is 0 Å². The second-order valence-electron chi connectivity index (χ2n) is 7.24. The zero-order valence-corrected chi connectivity index (χ0v) is 22.5. The first kappa shape index (κ1) is 27.1. The zero-order valence-electron chi connectivity index (χ0n) is 20.5. The van der Waals surface area contributed by atoms with Crippen LogP contribution in [0.25, 0.3) is 0 Å². The van der Waals surface area contributed by atoms with Gasteiger partial charge < -0.3 is 26.6 Å². The number of hydrogen-bond donors (Lipinski definition) is 0. The molecule has 1 aliphatic rings. The van der Waals surface area contributed by atoms with Gasteiger partial charge in [-0.2, -0.15) is 0 Å². The van der Waals surface area contributed by atoms with Gasteiger partial charge in [-0.15, -0.1) is 0 Å². The highest BCUT2D eigenvalue weighted by Gasteiger charge is 2.61. The summed E-state index contributed by atoms with van der Waals surface area (Å²) < 4.78 is 37.6. The Labute approximate surface area is 196 Å². The summed E-state index contributed by atoms with van der Waals surface area (Å²) in [5, 5.41) is 0.423. The summed E-state index contributed by atoms with van der Waals surface area (Å²) in [6.07, 6.45) is 7.10. The molecule has 0 spiro atoms. The highest BCUT2D eigenvalue weighted by Crippen LogP contribution is 2.45. The summed E-state index contributed by atoms with van der Waals surface area (Å²) in [5.74, 6) is 0. The monoisotopic (exact) mass is 480 g/mol. The average Bonchev–Trinajstić information content (AvgIpc) is 2.80. The van der Waals surface area contributed by atoms with E-state index in [1.807, 2.05) is 59.7 Å². The molecule has 0 aliphatic heterocycles. The van der Waals surface area contributed by atoms with E-state index in [2.05, 4.69) is 30.4 Å². The molecule has 6 nitrogen and oxygen atoms in total. The maximum Gasteiger partial charge on any atom is 0.536 e. The van der Waals surface area contributed by atoms with Crippen LogP contribution in [0.1, 0.15) is 53.5 Å². The molecule has 8 heteroatoms. The molecule has 0 fully saturated rings. The smallest absolute Gasteiger partial charge is 0.373 e. The molecule has 1 aliphatic carbocycles. The van der Waals surface area contributed by atoms with Gasteiger partial charge in [0.15, 0.2) is 0 Å². The third kappa shape index (κ3) is 5.51. The van der Waals surface area contributed by atoms with Crippen molar-refractivity contribution >= 4 is 17.6 Å². The third-order valence-corrected chi connectivity index (χ3v) is 12.2. The Kier molecular flexibility index (Phi) is 11.0. The molecule has 32 heavy (non-hydrogen) atoms. The highest BCUT2D eigenvalue weighted by molar-refractivity contribution is 6.70. The molecule has 0 amide bonds. The highest BCUT2D eigenvalue weighted by atomic mass is 28.4. The van der Waals surface area contributed by atoms with Crippen molar-refractivity contribution < 1.29 is 26.6 Å². The van der Waals surface area contributed by atoms with Gasteiger partial charge in [0.1, 0.15) is 0 Å². The van der Waals surface area contributed by atoms with E-state index >= 15 is 0 Å². The minimum atomic E-state index is -3.17. The third-order valence-electron chi connectivity index (χ3n) is 5.39. The van der Waals surface area contributed by atoms with Crippen LogP contribution in [0.4, 0.5) is 0 Å². The normalized spacial score (nSPS) is 19.2. The maximum absolute atomic E-state index is 6.40. The minimum Gasteiger partial charge on any atom is -0.373 e. The van der Waals surface area contributed by atoms with Gasteiger partial charge in [0.2, 0.25) is 0 Å². The minimum absolute atomic E-state index is 0.515. The molecular weight excluding hydrogens is 440 g/mol. The Morgan fingerprint density at radius 2 is 1.16 bits per heavy atom. The predicted octanol–water partition coefficient (Wildman–Crippen LogP) is 4.99. The first-order valence-electron chi connectivity index (χ1n) is 11.8. The molecule has 2 rings (SSSR count). The molecule has 1 aromatic rings. The molecule has 0 N–H and O–H groups in total. The van der Waals surface area contributed by atoms with E-state index in [4.69, 9.17) is 26.6 Å². The number of benzene rings is 1. The molecule has 0 saturated heterocycles. The molecule has 1 unspecified atom stereocenters.